The SMILES string of the molecule is CC(C)(C)OC(=O)N1CCC(c2nc(N3CCOCC3)cs2)CC1. The van der Waals surface area contributed by atoms with Gasteiger partial charge in [0, 0.05) is 37.5 Å². The van der Waals surface area contributed by atoms with Crippen LogP contribution in [0.2, 0.25) is 0 Å². The van der Waals surface area contributed by atoms with Crippen molar-refractivity contribution < 1.29 is 14.3 Å². The van der Waals surface area contributed by atoms with Crippen LogP contribution in [0, 0.1) is 0 Å². The second kappa shape index (κ2) is 7.27. The number of nitrogens with zero attached hydrogens (tertiary/aromatic N) is 3. The number of amides is 1. The van der Waals surface area contributed by atoms with Crippen LogP contribution in [0.3, 0.4) is 0 Å². The molecule has 1 amide bonds. The van der Waals surface area contributed by atoms with Gasteiger partial charge in [-0.1, -0.05) is 0 Å². The summed E-state index contributed by atoms with van der Waals surface area (Å²) in [7, 11) is 0. The average molecular weight is 353 g/mol. The predicted molar refractivity (Wildman–Crippen MR) is 94.9 cm³/mol. The molecule has 0 atom stereocenters. The molecular weight excluding hydrogens is 326 g/mol. The van der Waals surface area contributed by atoms with E-state index < -0.39 is 5.60 Å². The van der Waals surface area contributed by atoms with E-state index in [9.17, 15) is 4.79 Å². The molecule has 0 saturated carbocycles. The normalized spacial score (nSPS) is 20.3. The zero-order valence-electron chi connectivity index (χ0n) is 14.8. The molecule has 24 heavy (non-hydrogen) atoms. The lowest BCUT2D eigenvalue weighted by Gasteiger charge is -2.32. The van der Waals surface area contributed by atoms with Crippen molar-refractivity contribution in [2.24, 2.45) is 0 Å². The molecule has 3 rings (SSSR count). The number of carbonyl (C=O) groups is 1. The van der Waals surface area contributed by atoms with Gasteiger partial charge in [0.25, 0.3) is 0 Å². The van der Waals surface area contributed by atoms with E-state index in [4.69, 9.17) is 14.5 Å². The molecule has 2 aliphatic rings. The van der Waals surface area contributed by atoms with Gasteiger partial charge in [-0.25, -0.2) is 9.78 Å². The summed E-state index contributed by atoms with van der Waals surface area (Å²) in [4.78, 5) is 21.1. The van der Waals surface area contributed by atoms with Gasteiger partial charge in [0.05, 0.1) is 18.2 Å². The van der Waals surface area contributed by atoms with Crippen molar-refractivity contribution in [2.75, 3.05) is 44.3 Å². The number of anilines is 1. The highest BCUT2D eigenvalue weighted by Crippen LogP contribution is 2.33. The van der Waals surface area contributed by atoms with Crippen molar-refractivity contribution in [3.63, 3.8) is 0 Å². The summed E-state index contributed by atoms with van der Waals surface area (Å²) in [5.41, 5.74) is -0.434. The van der Waals surface area contributed by atoms with Gasteiger partial charge in [-0.05, 0) is 33.6 Å². The summed E-state index contributed by atoms with van der Waals surface area (Å²) >= 11 is 1.74. The van der Waals surface area contributed by atoms with Gasteiger partial charge < -0.3 is 19.3 Å². The Balaban J connectivity index is 1.53. The Bertz CT molecular complexity index is 556. The third-order valence-electron chi connectivity index (χ3n) is 4.34. The highest BCUT2D eigenvalue weighted by Gasteiger charge is 2.29. The summed E-state index contributed by atoms with van der Waals surface area (Å²) in [6.07, 6.45) is 1.71. The van der Waals surface area contributed by atoms with E-state index in [0.29, 0.717) is 5.92 Å². The van der Waals surface area contributed by atoms with Crippen LogP contribution < -0.4 is 4.90 Å². The largest absolute Gasteiger partial charge is 0.444 e. The minimum atomic E-state index is -0.434. The molecule has 6 nitrogen and oxygen atoms in total. The summed E-state index contributed by atoms with van der Waals surface area (Å²) in [6.45, 7) is 10.6. The third-order valence-corrected chi connectivity index (χ3v) is 5.34. The molecular formula is C17H27N3O3S. The molecule has 2 fully saturated rings. The maximum absolute atomic E-state index is 12.1. The number of likely N-dealkylation sites (tertiary alicyclic amines) is 1. The van der Waals surface area contributed by atoms with Crippen molar-refractivity contribution in [3.05, 3.63) is 10.4 Å². The van der Waals surface area contributed by atoms with Crippen LogP contribution in [-0.4, -0.2) is 61.0 Å². The fourth-order valence-electron chi connectivity index (χ4n) is 3.04. The predicted octanol–water partition coefficient (Wildman–Crippen LogP) is 3.09. The smallest absolute Gasteiger partial charge is 0.410 e. The number of thiazole rings is 1. The maximum atomic E-state index is 12.1. The van der Waals surface area contributed by atoms with E-state index in [1.807, 2.05) is 25.7 Å². The summed E-state index contributed by atoms with van der Waals surface area (Å²) in [6, 6.07) is 0. The first-order chi connectivity index (χ1) is 11.4. The molecule has 0 radical (unpaired) electrons. The molecule has 2 aliphatic heterocycles. The zero-order valence-corrected chi connectivity index (χ0v) is 15.6. The van der Waals surface area contributed by atoms with E-state index in [2.05, 4.69) is 10.3 Å². The number of aromatic nitrogens is 1. The summed E-state index contributed by atoms with van der Waals surface area (Å²) in [5, 5.41) is 3.35. The first kappa shape index (κ1) is 17.5. The second-order valence-electron chi connectivity index (χ2n) is 7.39. The van der Waals surface area contributed by atoms with Gasteiger partial charge in [0.1, 0.15) is 11.4 Å². The lowest BCUT2D eigenvalue weighted by Crippen LogP contribution is -2.41. The van der Waals surface area contributed by atoms with E-state index in [0.717, 1.165) is 58.1 Å². The molecule has 0 N–H and O–H groups in total. The van der Waals surface area contributed by atoms with E-state index in [1.165, 1.54) is 5.01 Å². The van der Waals surface area contributed by atoms with Crippen LogP contribution >= 0.6 is 11.3 Å². The molecule has 2 saturated heterocycles. The molecule has 1 aromatic rings. The zero-order chi connectivity index (χ0) is 17.2. The van der Waals surface area contributed by atoms with Gasteiger partial charge in [-0.3, -0.25) is 0 Å². The standard InChI is InChI=1S/C17H27N3O3S/c1-17(2,3)23-16(21)20-6-4-13(5-7-20)15-18-14(12-24-15)19-8-10-22-11-9-19/h12-13H,4-11H2,1-3H3. The Morgan fingerprint density at radius 3 is 2.54 bits per heavy atom. The van der Waals surface area contributed by atoms with E-state index >= 15 is 0 Å². The third kappa shape index (κ3) is 4.39. The summed E-state index contributed by atoms with van der Waals surface area (Å²) in [5.74, 6) is 1.52. The highest BCUT2D eigenvalue weighted by molar-refractivity contribution is 7.10. The number of hydrogen-bond donors (Lipinski definition) is 0. The molecule has 0 aromatic carbocycles. The lowest BCUT2D eigenvalue weighted by molar-refractivity contribution is 0.0205. The Morgan fingerprint density at radius 1 is 1.25 bits per heavy atom. The first-order valence-corrected chi connectivity index (χ1v) is 9.56. The Kier molecular flexibility index (Phi) is 5.30. The van der Waals surface area contributed by atoms with Gasteiger partial charge in [-0.15, -0.1) is 11.3 Å². The number of piperidine rings is 1. The molecule has 3 heterocycles. The topological polar surface area (TPSA) is 54.9 Å². The van der Waals surface area contributed by atoms with E-state index in [-0.39, 0.29) is 6.09 Å². The minimum absolute atomic E-state index is 0.200. The Labute approximate surface area is 147 Å². The Hall–Kier alpha value is -1.34. The van der Waals surface area contributed by atoms with Crippen LogP contribution in [-0.2, 0) is 9.47 Å². The minimum Gasteiger partial charge on any atom is -0.444 e. The van der Waals surface area contributed by atoms with Gasteiger partial charge in [0.2, 0.25) is 0 Å². The number of carbonyl (C=O) groups excluding carboxylic acids is 1. The van der Waals surface area contributed by atoms with Crippen LogP contribution in [0.5, 0.6) is 0 Å². The Morgan fingerprint density at radius 2 is 1.92 bits per heavy atom. The number of morpholine rings is 1. The van der Waals surface area contributed by atoms with Gasteiger partial charge in [-0.2, -0.15) is 0 Å². The molecule has 0 aliphatic carbocycles. The van der Waals surface area contributed by atoms with Crippen molar-refractivity contribution >= 4 is 23.2 Å². The number of ether oxygens (including phenoxy) is 2. The molecule has 134 valence electrons. The molecule has 0 spiro atoms. The monoisotopic (exact) mass is 353 g/mol. The van der Waals surface area contributed by atoms with Crippen LogP contribution in [0.25, 0.3) is 0 Å². The van der Waals surface area contributed by atoms with Crippen LogP contribution in [0.4, 0.5) is 10.6 Å². The average Bonchev–Trinajstić information content (AvgIpc) is 3.04. The fraction of sp³-hybridized carbons (Fsp3) is 0.765. The van der Waals surface area contributed by atoms with Crippen molar-refractivity contribution in [3.8, 4) is 0 Å². The van der Waals surface area contributed by atoms with Crippen LogP contribution in [0.15, 0.2) is 5.38 Å². The van der Waals surface area contributed by atoms with Crippen molar-refractivity contribution in [2.45, 2.75) is 45.1 Å². The highest BCUT2D eigenvalue weighted by atomic mass is 32.1. The summed E-state index contributed by atoms with van der Waals surface area (Å²) < 4.78 is 10.9. The molecule has 1 aromatic heterocycles. The quantitative estimate of drug-likeness (QED) is 0.818. The van der Waals surface area contributed by atoms with Gasteiger partial charge in [0.15, 0.2) is 0 Å². The van der Waals surface area contributed by atoms with Crippen molar-refractivity contribution in [1.29, 1.82) is 0 Å². The van der Waals surface area contributed by atoms with Gasteiger partial charge >= 0.3 is 6.09 Å². The molecule has 7 heteroatoms. The lowest BCUT2D eigenvalue weighted by atomic mass is 9.98. The number of hydrogen-bond acceptors (Lipinski definition) is 6. The second-order valence-corrected chi connectivity index (χ2v) is 8.27. The maximum Gasteiger partial charge on any atom is 0.410 e. The fourth-order valence-corrected chi connectivity index (χ4v) is 4.04. The first-order valence-electron chi connectivity index (χ1n) is 8.68. The van der Waals surface area contributed by atoms with E-state index in [1.54, 1.807) is 11.3 Å². The van der Waals surface area contributed by atoms with Crippen LogP contribution in [0.1, 0.15) is 44.5 Å². The van der Waals surface area contributed by atoms with Crippen molar-refractivity contribution in [1.82, 2.24) is 9.88 Å². The molecule has 0 bridgehead atoms. The number of rotatable bonds is 2. The molecule has 0 unspecified atom stereocenters.